The molecule has 118 valence electrons. The third-order valence-corrected chi connectivity index (χ3v) is 4.50. The van der Waals surface area contributed by atoms with E-state index in [1.54, 1.807) is 0 Å². The van der Waals surface area contributed by atoms with Gasteiger partial charge < -0.3 is 10.2 Å². The maximum atomic E-state index is 12.6. The maximum absolute atomic E-state index is 12.6. The van der Waals surface area contributed by atoms with Crippen molar-refractivity contribution in [2.24, 2.45) is 17.8 Å². The summed E-state index contributed by atoms with van der Waals surface area (Å²) < 4.78 is 0. The van der Waals surface area contributed by atoms with Crippen LogP contribution in [0.3, 0.4) is 0 Å². The monoisotopic (exact) mass is 300 g/mol. The molecule has 22 heavy (non-hydrogen) atoms. The zero-order valence-electron chi connectivity index (χ0n) is 13.3. The van der Waals surface area contributed by atoms with E-state index in [0.29, 0.717) is 17.4 Å². The van der Waals surface area contributed by atoms with Crippen LogP contribution in [0.25, 0.3) is 0 Å². The molecular formula is C18H24N2O2. The van der Waals surface area contributed by atoms with Crippen LogP contribution < -0.4 is 5.32 Å². The van der Waals surface area contributed by atoms with Crippen LogP contribution in [-0.4, -0.2) is 29.8 Å². The summed E-state index contributed by atoms with van der Waals surface area (Å²) in [6.07, 6.45) is 3.18. The molecule has 2 fully saturated rings. The average Bonchev–Trinajstić information content (AvgIpc) is 3.31. The third kappa shape index (κ3) is 3.49. The summed E-state index contributed by atoms with van der Waals surface area (Å²) in [7, 11) is 0. The van der Waals surface area contributed by atoms with Crippen molar-refractivity contribution in [3.63, 3.8) is 0 Å². The van der Waals surface area contributed by atoms with Gasteiger partial charge in [-0.2, -0.15) is 0 Å². The number of nitrogens with zero attached hydrogens (tertiary/aromatic N) is 1. The van der Waals surface area contributed by atoms with Gasteiger partial charge in [0.05, 0.1) is 0 Å². The first-order valence-electron chi connectivity index (χ1n) is 8.23. The summed E-state index contributed by atoms with van der Waals surface area (Å²) in [5.74, 6) is 1.50. The Hall–Kier alpha value is -1.84. The number of amides is 2. The van der Waals surface area contributed by atoms with Gasteiger partial charge in [0.1, 0.15) is 0 Å². The molecule has 0 aromatic heterocycles. The molecule has 1 aliphatic heterocycles. The van der Waals surface area contributed by atoms with E-state index in [2.05, 4.69) is 19.2 Å². The van der Waals surface area contributed by atoms with Gasteiger partial charge in [0, 0.05) is 30.3 Å². The number of rotatable bonds is 3. The lowest BCUT2D eigenvalue weighted by Crippen LogP contribution is -2.42. The van der Waals surface area contributed by atoms with Gasteiger partial charge in [-0.25, -0.2) is 0 Å². The van der Waals surface area contributed by atoms with Crippen molar-refractivity contribution in [3.05, 3.63) is 29.8 Å². The molecule has 2 aliphatic rings. The molecule has 4 nitrogen and oxygen atoms in total. The minimum atomic E-state index is 0.0951. The summed E-state index contributed by atoms with van der Waals surface area (Å²) >= 11 is 0. The Morgan fingerprint density at radius 3 is 2.18 bits per heavy atom. The maximum Gasteiger partial charge on any atom is 0.253 e. The summed E-state index contributed by atoms with van der Waals surface area (Å²) in [6.45, 7) is 6.07. The predicted octanol–water partition coefficient (Wildman–Crippen LogP) is 3.15. The molecule has 2 atom stereocenters. The second kappa shape index (κ2) is 6.11. The smallest absolute Gasteiger partial charge is 0.253 e. The molecule has 1 aromatic carbocycles. The van der Waals surface area contributed by atoms with Crippen molar-refractivity contribution in [1.82, 2.24) is 4.90 Å². The molecule has 1 saturated carbocycles. The molecule has 0 bridgehead atoms. The van der Waals surface area contributed by atoms with Gasteiger partial charge in [-0.1, -0.05) is 13.8 Å². The molecule has 1 aromatic rings. The van der Waals surface area contributed by atoms with Crippen LogP contribution in [0.15, 0.2) is 24.3 Å². The number of benzene rings is 1. The predicted molar refractivity (Wildman–Crippen MR) is 86.6 cm³/mol. The quantitative estimate of drug-likeness (QED) is 0.932. The number of hydrogen-bond acceptors (Lipinski definition) is 2. The number of carbonyl (C=O) groups is 2. The minimum Gasteiger partial charge on any atom is -0.338 e. The van der Waals surface area contributed by atoms with E-state index in [0.717, 1.165) is 31.6 Å². The Labute approximate surface area is 131 Å². The number of anilines is 1. The van der Waals surface area contributed by atoms with Gasteiger partial charge in [0.15, 0.2) is 0 Å². The Balaban J connectivity index is 1.64. The molecule has 4 heteroatoms. The van der Waals surface area contributed by atoms with Gasteiger partial charge in [-0.3, -0.25) is 9.59 Å². The van der Waals surface area contributed by atoms with E-state index >= 15 is 0 Å². The average molecular weight is 300 g/mol. The lowest BCUT2D eigenvalue weighted by atomic mass is 9.91. The van der Waals surface area contributed by atoms with Gasteiger partial charge >= 0.3 is 0 Å². The largest absolute Gasteiger partial charge is 0.338 e. The molecule has 3 rings (SSSR count). The number of hydrogen-bond donors (Lipinski definition) is 1. The molecule has 0 spiro atoms. The first kappa shape index (κ1) is 15.1. The lowest BCUT2D eigenvalue weighted by molar-refractivity contribution is -0.117. The Morgan fingerprint density at radius 1 is 1.05 bits per heavy atom. The van der Waals surface area contributed by atoms with Crippen LogP contribution in [0.1, 0.15) is 43.5 Å². The first-order valence-corrected chi connectivity index (χ1v) is 8.23. The van der Waals surface area contributed by atoms with E-state index in [4.69, 9.17) is 0 Å². The molecule has 1 saturated heterocycles. The van der Waals surface area contributed by atoms with E-state index in [-0.39, 0.29) is 17.7 Å². The number of likely N-dealkylation sites (tertiary alicyclic amines) is 1. The van der Waals surface area contributed by atoms with E-state index < -0.39 is 0 Å². The Bertz CT molecular complexity index is 553. The number of piperidine rings is 1. The van der Waals surface area contributed by atoms with Gasteiger partial charge in [-0.15, -0.1) is 0 Å². The van der Waals surface area contributed by atoms with Crippen LogP contribution in [0.5, 0.6) is 0 Å². The summed E-state index contributed by atoms with van der Waals surface area (Å²) in [4.78, 5) is 26.3. The van der Waals surface area contributed by atoms with Crippen LogP contribution in [-0.2, 0) is 4.79 Å². The Morgan fingerprint density at radius 2 is 1.64 bits per heavy atom. The lowest BCUT2D eigenvalue weighted by Gasteiger charge is -2.35. The van der Waals surface area contributed by atoms with Crippen LogP contribution in [0.4, 0.5) is 5.69 Å². The van der Waals surface area contributed by atoms with E-state index in [9.17, 15) is 9.59 Å². The van der Waals surface area contributed by atoms with Crippen molar-refractivity contribution in [2.75, 3.05) is 18.4 Å². The molecular weight excluding hydrogens is 276 g/mol. The molecule has 1 heterocycles. The molecule has 1 aliphatic carbocycles. The molecule has 1 N–H and O–H groups in total. The van der Waals surface area contributed by atoms with Gasteiger partial charge in [0.25, 0.3) is 5.91 Å². The normalized spacial score (nSPS) is 24.9. The van der Waals surface area contributed by atoms with Crippen LogP contribution in [0.2, 0.25) is 0 Å². The summed E-state index contributed by atoms with van der Waals surface area (Å²) in [5.41, 5.74) is 1.47. The second-order valence-corrected chi connectivity index (χ2v) is 7.00. The SMILES string of the molecule is CC1CC(C)CN(C(=O)c2ccc(NC(=O)C3CC3)cc2)C1. The Kier molecular flexibility index (Phi) is 4.19. The summed E-state index contributed by atoms with van der Waals surface area (Å²) in [5, 5.41) is 2.90. The number of nitrogens with one attached hydrogen (secondary N) is 1. The van der Waals surface area contributed by atoms with Crippen molar-refractivity contribution in [1.29, 1.82) is 0 Å². The fourth-order valence-electron chi connectivity index (χ4n) is 3.30. The molecule has 0 radical (unpaired) electrons. The molecule has 2 unspecified atom stereocenters. The topological polar surface area (TPSA) is 49.4 Å². The van der Waals surface area contributed by atoms with Gasteiger partial charge in [0.2, 0.25) is 5.91 Å². The zero-order chi connectivity index (χ0) is 15.7. The van der Waals surface area contributed by atoms with E-state index in [1.165, 1.54) is 6.42 Å². The highest BCUT2D eigenvalue weighted by Gasteiger charge is 2.29. The van der Waals surface area contributed by atoms with Crippen molar-refractivity contribution >= 4 is 17.5 Å². The fourth-order valence-corrected chi connectivity index (χ4v) is 3.30. The highest BCUT2D eigenvalue weighted by Crippen LogP contribution is 2.30. The second-order valence-electron chi connectivity index (χ2n) is 7.00. The van der Waals surface area contributed by atoms with Crippen molar-refractivity contribution in [3.8, 4) is 0 Å². The minimum absolute atomic E-state index is 0.0951. The van der Waals surface area contributed by atoms with Crippen LogP contribution in [0, 0.1) is 17.8 Å². The van der Waals surface area contributed by atoms with Crippen molar-refractivity contribution in [2.45, 2.75) is 33.1 Å². The fraction of sp³-hybridized carbons (Fsp3) is 0.556. The molecule has 2 amide bonds. The van der Waals surface area contributed by atoms with Gasteiger partial charge in [-0.05, 0) is 55.4 Å². The third-order valence-electron chi connectivity index (χ3n) is 4.50. The summed E-state index contributed by atoms with van der Waals surface area (Å²) in [6, 6.07) is 7.28. The standard InChI is InChI=1S/C18H24N2O2/c1-12-9-13(2)11-20(10-12)18(22)15-5-7-16(8-6-15)19-17(21)14-3-4-14/h5-8,12-14H,3-4,9-11H2,1-2H3,(H,19,21). The number of carbonyl (C=O) groups excluding carboxylic acids is 2. The van der Waals surface area contributed by atoms with Crippen molar-refractivity contribution < 1.29 is 9.59 Å². The van der Waals surface area contributed by atoms with Crippen LogP contribution >= 0.6 is 0 Å². The highest BCUT2D eigenvalue weighted by molar-refractivity contribution is 5.96. The first-order chi connectivity index (χ1) is 10.5. The highest BCUT2D eigenvalue weighted by atomic mass is 16.2. The zero-order valence-corrected chi connectivity index (χ0v) is 13.3. The van der Waals surface area contributed by atoms with E-state index in [1.807, 2.05) is 29.2 Å².